The van der Waals surface area contributed by atoms with Crippen molar-refractivity contribution in [1.29, 1.82) is 0 Å². The van der Waals surface area contributed by atoms with Gasteiger partial charge in [0.1, 0.15) is 5.69 Å². The van der Waals surface area contributed by atoms with Crippen LogP contribution in [0.2, 0.25) is 0 Å². The highest BCUT2D eigenvalue weighted by Gasteiger charge is 2.39. The maximum atomic E-state index is 12.3. The minimum atomic E-state index is -0.673. The summed E-state index contributed by atoms with van der Waals surface area (Å²) < 4.78 is 1.66. The van der Waals surface area contributed by atoms with Crippen LogP contribution in [0.1, 0.15) is 49.5 Å². The standard InChI is InChI=1S/C11H18N4O/c1-2-7-15-9(8-13-14-15)10(16)11(12)5-3-4-6-11/h8H,2-7,12H2,1H3. The summed E-state index contributed by atoms with van der Waals surface area (Å²) in [6, 6.07) is 0. The number of rotatable bonds is 4. The highest BCUT2D eigenvalue weighted by molar-refractivity contribution is 6.01. The molecule has 5 nitrogen and oxygen atoms in total. The maximum Gasteiger partial charge on any atom is 0.202 e. The molecular weight excluding hydrogens is 204 g/mol. The van der Waals surface area contributed by atoms with Gasteiger partial charge in [0.15, 0.2) is 0 Å². The van der Waals surface area contributed by atoms with Gasteiger partial charge in [-0.2, -0.15) is 0 Å². The van der Waals surface area contributed by atoms with E-state index < -0.39 is 5.54 Å². The number of aromatic nitrogens is 3. The molecule has 1 fully saturated rings. The van der Waals surface area contributed by atoms with Gasteiger partial charge in [-0.3, -0.25) is 4.79 Å². The van der Waals surface area contributed by atoms with Gasteiger partial charge in [-0.15, -0.1) is 5.10 Å². The van der Waals surface area contributed by atoms with Gasteiger partial charge in [-0.1, -0.05) is 25.0 Å². The molecule has 1 saturated carbocycles. The lowest BCUT2D eigenvalue weighted by molar-refractivity contribution is 0.0880. The lowest BCUT2D eigenvalue weighted by Crippen LogP contribution is -2.46. The minimum absolute atomic E-state index is 0.00319. The summed E-state index contributed by atoms with van der Waals surface area (Å²) in [5.41, 5.74) is 6.03. The van der Waals surface area contributed by atoms with Gasteiger partial charge in [0.05, 0.1) is 11.7 Å². The zero-order valence-corrected chi connectivity index (χ0v) is 9.65. The van der Waals surface area contributed by atoms with E-state index in [9.17, 15) is 4.79 Å². The molecule has 16 heavy (non-hydrogen) atoms. The highest BCUT2D eigenvalue weighted by atomic mass is 16.1. The number of nitrogens with two attached hydrogens (primary N) is 1. The number of hydrogen-bond donors (Lipinski definition) is 1. The topological polar surface area (TPSA) is 73.8 Å². The predicted octanol–water partition coefficient (Wildman–Crippen LogP) is 1.14. The van der Waals surface area contributed by atoms with Crippen molar-refractivity contribution < 1.29 is 4.79 Å². The average Bonchev–Trinajstić information content (AvgIpc) is 2.88. The fourth-order valence-corrected chi connectivity index (χ4v) is 2.30. The normalized spacial score (nSPS) is 18.9. The van der Waals surface area contributed by atoms with E-state index >= 15 is 0 Å². The molecular formula is C11H18N4O. The van der Waals surface area contributed by atoms with E-state index in [2.05, 4.69) is 10.3 Å². The number of aryl methyl sites for hydroxylation is 1. The molecule has 1 aromatic rings. The fourth-order valence-electron chi connectivity index (χ4n) is 2.30. The Kier molecular flexibility index (Phi) is 3.05. The zero-order chi connectivity index (χ0) is 11.6. The van der Waals surface area contributed by atoms with Crippen molar-refractivity contribution in [2.75, 3.05) is 0 Å². The first kappa shape index (κ1) is 11.3. The van der Waals surface area contributed by atoms with Crippen LogP contribution in [0.15, 0.2) is 6.20 Å². The SMILES string of the molecule is CCCn1nncc1C(=O)C1(N)CCCC1. The van der Waals surface area contributed by atoms with Crippen molar-refractivity contribution in [3.63, 3.8) is 0 Å². The number of carbonyl (C=O) groups is 1. The van der Waals surface area contributed by atoms with Crippen LogP contribution < -0.4 is 5.73 Å². The molecule has 2 rings (SSSR count). The van der Waals surface area contributed by atoms with E-state index in [4.69, 9.17) is 5.73 Å². The first-order chi connectivity index (χ1) is 7.67. The monoisotopic (exact) mass is 222 g/mol. The Balaban J connectivity index is 2.23. The summed E-state index contributed by atoms with van der Waals surface area (Å²) in [7, 11) is 0. The molecule has 0 saturated heterocycles. The molecule has 0 unspecified atom stereocenters. The lowest BCUT2D eigenvalue weighted by Gasteiger charge is -2.21. The van der Waals surface area contributed by atoms with Crippen molar-refractivity contribution in [3.8, 4) is 0 Å². The molecule has 0 radical (unpaired) electrons. The summed E-state index contributed by atoms with van der Waals surface area (Å²) in [4.78, 5) is 12.3. The zero-order valence-electron chi connectivity index (χ0n) is 9.65. The molecule has 0 atom stereocenters. The molecule has 1 aliphatic rings. The number of ketones is 1. The minimum Gasteiger partial charge on any atom is -0.319 e. The van der Waals surface area contributed by atoms with Crippen LogP contribution >= 0.6 is 0 Å². The van der Waals surface area contributed by atoms with Crippen LogP contribution in [-0.4, -0.2) is 26.3 Å². The molecule has 5 heteroatoms. The second kappa shape index (κ2) is 4.33. The Bertz CT molecular complexity index is 379. The van der Waals surface area contributed by atoms with E-state index in [1.54, 1.807) is 4.68 Å². The molecule has 0 bridgehead atoms. The van der Waals surface area contributed by atoms with Crippen LogP contribution in [0, 0.1) is 0 Å². The molecule has 2 N–H and O–H groups in total. The third-order valence-corrected chi connectivity index (χ3v) is 3.23. The van der Waals surface area contributed by atoms with Crippen molar-refractivity contribution in [2.45, 2.75) is 51.1 Å². The van der Waals surface area contributed by atoms with Gasteiger partial charge in [0, 0.05) is 6.54 Å². The van der Waals surface area contributed by atoms with Crippen LogP contribution in [0.3, 0.4) is 0 Å². The van der Waals surface area contributed by atoms with Crippen molar-refractivity contribution >= 4 is 5.78 Å². The molecule has 0 amide bonds. The van der Waals surface area contributed by atoms with E-state index in [1.807, 2.05) is 6.92 Å². The van der Waals surface area contributed by atoms with Crippen molar-refractivity contribution in [2.24, 2.45) is 5.73 Å². The molecule has 0 aliphatic heterocycles. The summed E-state index contributed by atoms with van der Waals surface area (Å²) in [6.45, 7) is 2.76. The van der Waals surface area contributed by atoms with Gasteiger partial charge in [-0.05, 0) is 19.3 Å². The molecule has 88 valence electrons. The quantitative estimate of drug-likeness (QED) is 0.775. The van der Waals surface area contributed by atoms with Gasteiger partial charge < -0.3 is 5.73 Å². The second-order valence-corrected chi connectivity index (χ2v) is 4.53. The van der Waals surface area contributed by atoms with Gasteiger partial charge in [-0.25, -0.2) is 4.68 Å². The number of carbonyl (C=O) groups excluding carboxylic acids is 1. The van der Waals surface area contributed by atoms with Crippen LogP contribution in [0.5, 0.6) is 0 Å². The second-order valence-electron chi connectivity index (χ2n) is 4.53. The molecule has 1 aliphatic carbocycles. The highest BCUT2D eigenvalue weighted by Crippen LogP contribution is 2.30. The summed E-state index contributed by atoms with van der Waals surface area (Å²) in [5, 5.41) is 7.72. The molecule has 1 heterocycles. The van der Waals surface area contributed by atoms with E-state index in [0.29, 0.717) is 5.69 Å². The number of hydrogen-bond acceptors (Lipinski definition) is 4. The van der Waals surface area contributed by atoms with E-state index in [1.165, 1.54) is 6.20 Å². The van der Waals surface area contributed by atoms with Crippen LogP contribution in [-0.2, 0) is 6.54 Å². The van der Waals surface area contributed by atoms with Gasteiger partial charge >= 0.3 is 0 Å². The van der Waals surface area contributed by atoms with Crippen molar-refractivity contribution in [1.82, 2.24) is 15.0 Å². The summed E-state index contributed by atoms with van der Waals surface area (Å²) in [6.07, 6.45) is 6.10. The fraction of sp³-hybridized carbons (Fsp3) is 0.727. The van der Waals surface area contributed by atoms with E-state index in [-0.39, 0.29) is 5.78 Å². The predicted molar refractivity (Wildman–Crippen MR) is 60.0 cm³/mol. The molecule has 0 spiro atoms. The summed E-state index contributed by atoms with van der Waals surface area (Å²) >= 11 is 0. The Hall–Kier alpha value is -1.23. The van der Waals surface area contributed by atoms with Gasteiger partial charge in [0.2, 0.25) is 5.78 Å². The lowest BCUT2D eigenvalue weighted by atomic mass is 9.91. The third kappa shape index (κ3) is 1.87. The number of nitrogens with zero attached hydrogens (tertiary/aromatic N) is 3. The largest absolute Gasteiger partial charge is 0.319 e. The first-order valence-corrected chi connectivity index (χ1v) is 5.89. The Labute approximate surface area is 95.0 Å². The average molecular weight is 222 g/mol. The number of Topliss-reactive ketones (excluding diaryl/α,β-unsaturated/α-hetero) is 1. The van der Waals surface area contributed by atoms with Gasteiger partial charge in [0.25, 0.3) is 0 Å². The smallest absolute Gasteiger partial charge is 0.202 e. The Morgan fingerprint density at radius 1 is 1.56 bits per heavy atom. The van der Waals surface area contributed by atoms with Crippen molar-refractivity contribution in [3.05, 3.63) is 11.9 Å². The van der Waals surface area contributed by atoms with Crippen LogP contribution in [0.4, 0.5) is 0 Å². The molecule has 0 aromatic carbocycles. The first-order valence-electron chi connectivity index (χ1n) is 5.89. The Morgan fingerprint density at radius 2 is 2.25 bits per heavy atom. The molecule has 1 aromatic heterocycles. The van der Waals surface area contributed by atoms with E-state index in [0.717, 1.165) is 38.6 Å². The maximum absolute atomic E-state index is 12.3. The third-order valence-electron chi connectivity index (χ3n) is 3.23. The summed E-state index contributed by atoms with van der Waals surface area (Å²) in [5.74, 6) is 0.00319. The van der Waals surface area contributed by atoms with Crippen LogP contribution in [0.25, 0.3) is 0 Å². The Morgan fingerprint density at radius 3 is 2.88 bits per heavy atom.